The number of carboxylic acid groups (broad SMARTS) is 1. The SMILES string of the molecule is CCOc1ccc(C(c2ccc(OC)cc2OC)N2CCCC2C(=O)O)cc1OCC. The highest BCUT2D eigenvalue weighted by atomic mass is 16.5. The van der Waals surface area contributed by atoms with Gasteiger partial charge in [-0.2, -0.15) is 0 Å². The Morgan fingerprint density at radius 1 is 1.03 bits per heavy atom. The summed E-state index contributed by atoms with van der Waals surface area (Å²) in [4.78, 5) is 14.0. The van der Waals surface area contributed by atoms with E-state index < -0.39 is 12.0 Å². The minimum atomic E-state index is -0.814. The van der Waals surface area contributed by atoms with Gasteiger partial charge >= 0.3 is 5.97 Å². The Bertz CT molecular complexity index is 900. The van der Waals surface area contributed by atoms with E-state index in [9.17, 15) is 9.90 Å². The van der Waals surface area contributed by atoms with Crippen LogP contribution in [0.25, 0.3) is 0 Å². The number of methoxy groups -OCH3 is 2. The summed E-state index contributed by atoms with van der Waals surface area (Å²) in [6.07, 6.45) is 1.43. The highest BCUT2D eigenvalue weighted by Crippen LogP contribution is 2.42. The van der Waals surface area contributed by atoms with Gasteiger partial charge in [0.05, 0.1) is 33.5 Å². The molecule has 1 N–H and O–H groups in total. The van der Waals surface area contributed by atoms with Gasteiger partial charge in [-0.15, -0.1) is 0 Å². The van der Waals surface area contributed by atoms with Crippen LogP contribution in [0.1, 0.15) is 43.9 Å². The Hall–Kier alpha value is -2.93. The molecule has 0 saturated carbocycles. The van der Waals surface area contributed by atoms with Crippen molar-refractivity contribution in [1.82, 2.24) is 4.90 Å². The Labute approximate surface area is 183 Å². The van der Waals surface area contributed by atoms with Crippen molar-refractivity contribution in [3.05, 3.63) is 47.5 Å². The third-order valence-corrected chi connectivity index (χ3v) is 5.53. The summed E-state index contributed by atoms with van der Waals surface area (Å²) >= 11 is 0. The molecule has 1 fully saturated rings. The molecule has 1 aliphatic rings. The van der Waals surface area contributed by atoms with E-state index >= 15 is 0 Å². The maximum atomic E-state index is 12.0. The predicted molar refractivity (Wildman–Crippen MR) is 118 cm³/mol. The number of carboxylic acids is 1. The molecule has 0 radical (unpaired) electrons. The molecule has 31 heavy (non-hydrogen) atoms. The van der Waals surface area contributed by atoms with Gasteiger partial charge < -0.3 is 24.1 Å². The molecule has 0 aromatic heterocycles. The van der Waals surface area contributed by atoms with Gasteiger partial charge in [-0.05, 0) is 56.5 Å². The number of benzene rings is 2. The fourth-order valence-electron chi connectivity index (χ4n) is 4.20. The number of carbonyl (C=O) groups is 1. The maximum Gasteiger partial charge on any atom is 0.320 e. The molecule has 3 rings (SSSR count). The second-order valence-corrected chi connectivity index (χ2v) is 7.32. The molecule has 0 spiro atoms. The third-order valence-electron chi connectivity index (χ3n) is 5.53. The van der Waals surface area contributed by atoms with Crippen molar-refractivity contribution in [2.45, 2.75) is 38.8 Å². The van der Waals surface area contributed by atoms with E-state index in [1.807, 2.05) is 55.1 Å². The lowest BCUT2D eigenvalue weighted by Crippen LogP contribution is -2.39. The number of rotatable bonds is 10. The molecule has 2 aromatic rings. The van der Waals surface area contributed by atoms with E-state index in [1.165, 1.54) is 0 Å². The molecule has 1 heterocycles. The molecule has 0 aliphatic carbocycles. The van der Waals surface area contributed by atoms with Crippen molar-refractivity contribution < 1.29 is 28.8 Å². The quantitative estimate of drug-likeness (QED) is 0.608. The molecule has 2 aromatic carbocycles. The highest BCUT2D eigenvalue weighted by molar-refractivity contribution is 5.74. The Kier molecular flexibility index (Phi) is 7.63. The van der Waals surface area contributed by atoms with Crippen LogP contribution in [-0.2, 0) is 4.79 Å². The first kappa shape index (κ1) is 22.7. The van der Waals surface area contributed by atoms with Gasteiger partial charge in [-0.25, -0.2) is 0 Å². The number of hydrogen-bond donors (Lipinski definition) is 1. The molecule has 2 unspecified atom stereocenters. The summed E-state index contributed by atoms with van der Waals surface area (Å²) in [5, 5.41) is 9.85. The van der Waals surface area contributed by atoms with Crippen LogP contribution in [0.15, 0.2) is 36.4 Å². The van der Waals surface area contributed by atoms with E-state index in [-0.39, 0.29) is 6.04 Å². The van der Waals surface area contributed by atoms with Gasteiger partial charge in [0.2, 0.25) is 0 Å². The fraction of sp³-hybridized carbons (Fsp3) is 0.458. The summed E-state index contributed by atoms with van der Waals surface area (Å²) in [7, 11) is 3.21. The molecule has 7 nitrogen and oxygen atoms in total. The molecule has 1 aliphatic heterocycles. The highest BCUT2D eigenvalue weighted by Gasteiger charge is 2.38. The fourth-order valence-corrected chi connectivity index (χ4v) is 4.20. The van der Waals surface area contributed by atoms with Gasteiger partial charge in [0, 0.05) is 18.2 Å². The minimum Gasteiger partial charge on any atom is -0.497 e. The maximum absolute atomic E-state index is 12.0. The predicted octanol–water partition coefficient (Wildman–Crippen LogP) is 4.14. The van der Waals surface area contributed by atoms with Crippen LogP contribution >= 0.6 is 0 Å². The van der Waals surface area contributed by atoms with Crippen molar-refractivity contribution in [3.63, 3.8) is 0 Å². The summed E-state index contributed by atoms with van der Waals surface area (Å²) in [5.74, 6) is 1.82. The largest absolute Gasteiger partial charge is 0.497 e. The number of likely N-dealkylation sites (tertiary alicyclic amines) is 1. The number of ether oxygens (including phenoxy) is 4. The van der Waals surface area contributed by atoms with E-state index in [0.717, 1.165) is 17.5 Å². The van der Waals surface area contributed by atoms with Crippen LogP contribution in [0.5, 0.6) is 23.0 Å². The number of hydrogen-bond acceptors (Lipinski definition) is 6. The third kappa shape index (κ3) is 4.88. The van der Waals surface area contributed by atoms with E-state index in [0.29, 0.717) is 49.2 Å². The number of nitrogens with zero attached hydrogens (tertiary/aromatic N) is 1. The minimum absolute atomic E-state index is 0.320. The van der Waals surface area contributed by atoms with Crippen LogP contribution in [0.2, 0.25) is 0 Å². The summed E-state index contributed by atoms with van der Waals surface area (Å²) in [5.41, 5.74) is 1.80. The Morgan fingerprint density at radius 2 is 1.77 bits per heavy atom. The second-order valence-electron chi connectivity index (χ2n) is 7.32. The molecule has 168 valence electrons. The van der Waals surface area contributed by atoms with Crippen LogP contribution < -0.4 is 18.9 Å². The van der Waals surface area contributed by atoms with E-state index in [4.69, 9.17) is 18.9 Å². The van der Waals surface area contributed by atoms with Gasteiger partial charge in [-0.3, -0.25) is 9.69 Å². The molecule has 2 atom stereocenters. The lowest BCUT2D eigenvalue weighted by atomic mass is 9.94. The molecule has 0 amide bonds. The molecular formula is C24H31NO6. The van der Waals surface area contributed by atoms with Gasteiger partial charge in [0.15, 0.2) is 11.5 Å². The van der Waals surface area contributed by atoms with Crippen molar-refractivity contribution in [3.8, 4) is 23.0 Å². The van der Waals surface area contributed by atoms with Crippen molar-refractivity contribution >= 4 is 5.97 Å². The summed E-state index contributed by atoms with van der Waals surface area (Å²) < 4.78 is 22.6. The Morgan fingerprint density at radius 3 is 2.42 bits per heavy atom. The molecule has 0 bridgehead atoms. The van der Waals surface area contributed by atoms with Crippen molar-refractivity contribution in [2.24, 2.45) is 0 Å². The first-order chi connectivity index (χ1) is 15.0. The first-order valence-electron chi connectivity index (χ1n) is 10.6. The summed E-state index contributed by atoms with van der Waals surface area (Å²) in [6.45, 7) is 5.56. The average Bonchev–Trinajstić information content (AvgIpc) is 3.26. The van der Waals surface area contributed by atoms with Gasteiger partial charge in [0.25, 0.3) is 0 Å². The molecule has 7 heteroatoms. The van der Waals surface area contributed by atoms with Gasteiger partial charge in [0.1, 0.15) is 17.5 Å². The van der Waals surface area contributed by atoms with Crippen molar-refractivity contribution in [1.29, 1.82) is 0 Å². The van der Waals surface area contributed by atoms with E-state index in [1.54, 1.807) is 14.2 Å². The molecule has 1 saturated heterocycles. The van der Waals surface area contributed by atoms with Crippen LogP contribution in [0.4, 0.5) is 0 Å². The summed E-state index contributed by atoms with van der Waals surface area (Å²) in [6, 6.07) is 10.5. The molecular weight excluding hydrogens is 398 g/mol. The average molecular weight is 430 g/mol. The van der Waals surface area contributed by atoms with Crippen LogP contribution in [-0.4, -0.2) is 56.0 Å². The first-order valence-corrected chi connectivity index (χ1v) is 10.6. The zero-order valence-electron chi connectivity index (χ0n) is 18.6. The lowest BCUT2D eigenvalue weighted by Gasteiger charge is -2.33. The van der Waals surface area contributed by atoms with Crippen molar-refractivity contribution in [2.75, 3.05) is 34.0 Å². The monoisotopic (exact) mass is 429 g/mol. The lowest BCUT2D eigenvalue weighted by molar-refractivity contribution is -0.142. The normalized spacial score (nSPS) is 17.2. The van der Waals surface area contributed by atoms with Crippen LogP contribution in [0, 0.1) is 0 Å². The smallest absolute Gasteiger partial charge is 0.320 e. The zero-order chi connectivity index (χ0) is 22.4. The standard InChI is InChI=1S/C24H31NO6/c1-5-30-20-12-9-16(14-22(20)31-6-2)23(25-13-7-8-19(25)24(26)27)18-11-10-17(28-3)15-21(18)29-4/h9-12,14-15,19,23H,5-8,13H2,1-4H3,(H,26,27). The Balaban J connectivity index is 2.15. The zero-order valence-corrected chi connectivity index (χ0v) is 18.6. The number of aliphatic carboxylic acids is 1. The van der Waals surface area contributed by atoms with E-state index in [2.05, 4.69) is 0 Å². The second kappa shape index (κ2) is 10.4. The van der Waals surface area contributed by atoms with Gasteiger partial charge in [-0.1, -0.05) is 6.07 Å². The van der Waals surface area contributed by atoms with Crippen LogP contribution in [0.3, 0.4) is 0 Å². The topological polar surface area (TPSA) is 77.5 Å².